The molecule has 0 aromatic carbocycles. The van der Waals surface area contributed by atoms with Crippen LogP contribution in [-0.4, -0.2) is 78.5 Å². The van der Waals surface area contributed by atoms with Crippen molar-refractivity contribution in [3.63, 3.8) is 0 Å². The van der Waals surface area contributed by atoms with E-state index in [4.69, 9.17) is 0 Å². The van der Waals surface area contributed by atoms with Crippen LogP contribution in [0.25, 0.3) is 0 Å². The van der Waals surface area contributed by atoms with Crippen molar-refractivity contribution in [2.75, 3.05) is 39.8 Å². The number of nitrogens with one attached hydrogen (secondary N) is 2. The van der Waals surface area contributed by atoms with Gasteiger partial charge in [-0.15, -0.1) is 0 Å². The molecule has 7 heteroatoms. The number of hydrogen-bond donors (Lipinski definition) is 2. The van der Waals surface area contributed by atoms with E-state index in [1.54, 1.807) is 11.1 Å². The molecule has 1 aliphatic heterocycles. The van der Waals surface area contributed by atoms with Crippen molar-refractivity contribution >= 4 is 11.9 Å². The fourth-order valence-corrected chi connectivity index (χ4v) is 3.33. The first-order valence-electron chi connectivity index (χ1n) is 10.3. The molecule has 1 amide bonds. The first kappa shape index (κ1) is 22.1. The Bertz CT molecular complexity index is 633. The summed E-state index contributed by atoms with van der Waals surface area (Å²) in [4.78, 5) is 25.5. The fourth-order valence-electron chi connectivity index (χ4n) is 3.33. The number of pyridine rings is 1. The monoisotopic (exact) mass is 388 g/mol. The first-order valence-corrected chi connectivity index (χ1v) is 10.3. The minimum Gasteiger partial charge on any atom is -0.357 e. The van der Waals surface area contributed by atoms with Gasteiger partial charge >= 0.3 is 0 Å². The Morgan fingerprint density at radius 1 is 1.39 bits per heavy atom. The van der Waals surface area contributed by atoms with Crippen LogP contribution in [0.1, 0.15) is 33.4 Å². The molecule has 1 fully saturated rings. The molecular formula is C21H36N6O. The Balaban J connectivity index is 1.86. The molecule has 2 unspecified atom stereocenters. The zero-order valence-electron chi connectivity index (χ0n) is 18.0. The van der Waals surface area contributed by atoms with Gasteiger partial charge < -0.3 is 15.5 Å². The maximum absolute atomic E-state index is 12.5. The van der Waals surface area contributed by atoms with E-state index in [0.717, 1.165) is 37.7 Å². The summed E-state index contributed by atoms with van der Waals surface area (Å²) in [6.45, 7) is 12.4. The highest BCUT2D eigenvalue weighted by molar-refractivity contribution is 5.85. The van der Waals surface area contributed by atoms with Crippen molar-refractivity contribution in [3.8, 4) is 0 Å². The maximum Gasteiger partial charge on any atom is 0.244 e. The lowest BCUT2D eigenvalue weighted by atomic mass is 10.1. The van der Waals surface area contributed by atoms with Crippen molar-refractivity contribution in [1.82, 2.24) is 25.4 Å². The predicted octanol–water partition coefficient (Wildman–Crippen LogP) is 1.37. The van der Waals surface area contributed by atoms with E-state index in [1.165, 1.54) is 0 Å². The van der Waals surface area contributed by atoms with Crippen molar-refractivity contribution in [2.45, 2.75) is 46.2 Å². The van der Waals surface area contributed by atoms with Crippen LogP contribution in [-0.2, 0) is 11.2 Å². The van der Waals surface area contributed by atoms with Crippen LogP contribution in [0.3, 0.4) is 0 Å². The number of nitrogens with zero attached hydrogens (tertiary/aromatic N) is 4. The molecule has 1 aliphatic rings. The molecule has 0 saturated carbocycles. The number of aromatic nitrogens is 1. The molecule has 0 radical (unpaired) electrons. The number of likely N-dealkylation sites (N-methyl/N-ethyl adjacent to an activating group) is 1. The highest BCUT2D eigenvalue weighted by Crippen LogP contribution is 2.18. The van der Waals surface area contributed by atoms with E-state index in [2.05, 4.69) is 46.3 Å². The summed E-state index contributed by atoms with van der Waals surface area (Å²) in [5.41, 5.74) is 0.991. The largest absolute Gasteiger partial charge is 0.357 e. The number of carbonyl (C=O) groups excluding carboxylic acids is 1. The first-order chi connectivity index (χ1) is 13.4. The average molecular weight is 389 g/mol. The summed E-state index contributed by atoms with van der Waals surface area (Å²) in [5, 5.41) is 6.79. The molecule has 7 nitrogen and oxygen atoms in total. The second kappa shape index (κ2) is 11.0. The number of amides is 1. The Labute approximate surface area is 169 Å². The third kappa shape index (κ3) is 6.78. The summed E-state index contributed by atoms with van der Waals surface area (Å²) in [6.07, 6.45) is 2.52. The van der Waals surface area contributed by atoms with Gasteiger partial charge in [0.15, 0.2) is 5.96 Å². The summed E-state index contributed by atoms with van der Waals surface area (Å²) in [6, 6.07) is 6.73. The second-order valence-electron chi connectivity index (χ2n) is 7.86. The molecule has 2 atom stereocenters. The van der Waals surface area contributed by atoms with E-state index in [1.807, 2.05) is 32.2 Å². The SMILES string of the molecule is CCNC(=NCC(=O)N(C)CCc1ccccn1)NC1CN(C(C)C)CC1C. The minimum atomic E-state index is 0.0106. The van der Waals surface area contributed by atoms with Gasteiger partial charge in [0.2, 0.25) is 5.91 Å². The van der Waals surface area contributed by atoms with Crippen molar-refractivity contribution in [3.05, 3.63) is 30.1 Å². The summed E-state index contributed by atoms with van der Waals surface area (Å²) in [5.74, 6) is 1.27. The maximum atomic E-state index is 12.5. The highest BCUT2D eigenvalue weighted by atomic mass is 16.2. The summed E-state index contributed by atoms with van der Waals surface area (Å²) < 4.78 is 0. The Hall–Kier alpha value is -2.15. The van der Waals surface area contributed by atoms with E-state index in [9.17, 15) is 4.79 Å². The normalized spacial score (nSPS) is 20.4. The van der Waals surface area contributed by atoms with Gasteiger partial charge in [-0.25, -0.2) is 4.99 Å². The van der Waals surface area contributed by atoms with Crippen LogP contribution in [0, 0.1) is 5.92 Å². The minimum absolute atomic E-state index is 0.0106. The van der Waals surface area contributed by atoms with Crippen LogP contribution in [0.15, 0.2) is 29.4 Å². The van der Waals surface area contributed by atoms with Gasteiger partial charge in [-0.2, -0.15) is 0 Å². The highest BCUT2D eigenvalue weighted by Gasteiger charge is 2.31. The van der Waals surface area contributed by atoms with Crippen LogP contribution in [0.4, 0.5) is 0 Å². The molecule has 0 spiro atoms. The number of hydrogen-bond acceptors (Lipinski definition) is 4. The molecular weight excluding hydrogens is 352 g/mol. The van der Waals surface area contributed by atoms with Crippen LogP contribution >= 0.6 is 0 Å². The van der Waals surface area contributed by atoms with Gasteiger partial charge in [-0.1, -0.05) is 13.0 Å². The zero-order valence-corrected chi connectivity index (χ0v) is 18.0. The molecule has 28 heavy (non-hydrogen) atoms. The molecule has 2 rings (SSSR count). The Morgan fingerprint density at radius 2 is 2.18 bits per heavy atom. The molecule has 156 valence electrons. The average Bonchev–Trinajstić information content (AvgIpc) is 3.05. The van der Waals surface area contributed by atoms with Gasteiger partial charge in [0, 0.05) is 63.6 Å². The quantitative estimate of drug-likeness (QED) is 0.520. The van der Waals surface area contributed by atoms with E-state index < -0.39 is 0 Å². The van der Waals surface area contributed by atoms with Gasteiger partial charge in [0.25, 0.3) is 0 Å². The fraction of sp³-hybridized carbons (Fsp3) is 0.667. The van der Waals surface area contributed by atoms with Gasteiger partial charge in [-0.05, 0) is 38.8 Å². The molecule has 1 aromatic rings. The van der Waals surface area contributed by atoms with E-state index >= 15 is 0 Å². The standard InChI is InChI=1S/C21H36N6O/c1-6-22-21(25-19-15-27(16(2)3)14-17(19)4)24-13-20(28)26(5)12-10-18-9-7-8-11-23-18/h7-9,11,16-17,19H,6,10,12-15H2,1-5H3,(H2,22,24,25). The number of carbonyl (C=O) groups is 1. The van der Waals surface area contributed by atoms with Gasteiger partial charge in [0.1, 0.15) is 6.54 Å². The molecule has 1 aromatic heterocycles. The number of rotatable bonds is 8. The van der Waals surface area contributed by atoms with Crippen LogP contribution < -0.4 is 10.6 Å². The number of aliphatic imine (C=N–C) groups is 1. The lowest BCUT2D eigenvalue weighted by Crippen LogP contribution is -2.47. The molecule has 2 heterocycles. The van der Waals surface area contributed by atoms with E-state index in [0.29, 0.717) is 24.5 Å². The lowest BCUT2D eigenvalue weighted by molar-refractivity contribution is -0.128. The van der Waals surface area contributed by atoms with Crippen LogP contribution in [0.5, 0.6) is 0 Å². The lowest BCUT2D eigenvalue weighted by Gasteiger charge is -2.22. The van der Waals surface area contributed by atoms with Gasteiger partial charge in [0.05, 0.1) is 0 Å². The molecule has 2 N–H and O–H groups in total. The molecule has 0 bridgehead atoms. The van der Waals surface area contributed by atoms with Crippen molar-refractivity contribution < 1.29 is 4.79 Å². The second-order valence-corrected chi connectivity index (χ2v) is 7.86. The third-order valence-corrected chi connectivity index (χ3v) is 5.26. The Morgan fingerprint density at radius 3 is 2.79 bits per heavy atom. The molecule has 0 aliphatic carbocycles. The smallest absolute Gasteiger partial charge is 0.244 e. The van der Waals surface area contributed by atoms with Crippen molar-refractivity contribution in [2.24, 2.45) is 10.9 Å². The predicted molar refractivity (Wildman–Crippen MR) is 114 cm³/mol. The summed E-state index contributed by atoms with van der Waals surface area (Å²) >= 11 is 0. The topological polar surface area (TPSA) is 72.9 Å². The number of likely N-dealkylation sites (tertiary alicyclic amines) is 1. The summed E-state index contributed by atoms with van der Waals surface area (Å²) in [7, 11) is 1.82. The Kier molecular flexibility index (Phi) is 8.70. The third-order valence-electron chi connectivity index (χ3n) is 5.26. The molecule has 1 saturated heterocycles. The van der Waals surface area contributed by atoms with Crippen molar-refractivity contribution in [1.29, 1.82) is 0 Å². The van der Waals surface area contributed by atoms with E-state index in [-0.39, 0.29) is 12.5 Å². The van der Waals surface area contributed by atoms with Gasteiger partial charge in [-0.3, -0.25) is 14.7 Å². The van der Waals surface area contributed by atoms with Crippen LogP contribution in [0.2, 0.25) is 0 Å². The number of guanidine groups is 1. The zero-order chi connectivity index (χ0) is 20.5.